The molecule has 1 aliphatic heterocycles. The predicted molar refractivity (Wildman–Crippen MR) is 122 cm³/mol. The molecule has 4 heterocycles. The van der Waals surface area contributed by atoms with Gasteiger partial charge >= 0.3 is 6.18 Å². The molecule has 3 aromatic rings. The fourth-order valence-corrected chi connectivity index (χ4v) is 4.12. The highest BCUT2D eigenvalue weighted by Crippen LogP contribution is 2.45. The minimum absolute atomic E-state index is 0.0836. The van der Waals surface area contributed by atoms with Crippen molar-refractivity contribution < 1.29 is 13.2 Å². The van der Waals surface area contributed by atoms with E-state index in [2.05, 4.69) is 20.6 Å². The number of anilines is 2. The fraction of sp³-hybridized carbons (Fsp3) is 0.435. The van der Waals surface area contributed by atoms with Crippen molar-refractivity contribution in [1.29, 1.82) is 0 Å². The molecule has 0 radical (unpaired) electrons. The van der Waals surface area contributed by atoms with Crippen LogP contribution in [0.25, 0.3) is 16.5 Å². The van der Waals surface area contributed by atoms with Crippen LogP contribution in [-0.4, -0.2) is 45.7 Å². The van der Waals surface area contributed by atoms with Crippen LogP contribution in [0, 0.1) is 0 Å². The number of pyridine rings is 1. The average molecular weight is 458 g/mol. The Bertz CT molecular complexity index is 1240. The monoisotopic (exact) mass is 457 g/mol. The zero-order chi connectivity index (χ0) is 23.4. The summed E-state index contributed by atoms with van der Waals surface area (Å²) >= 11 is 0. The number of aromatic nitrogens is 4. The number of fused-ring (bicyclic) bond motifs is 2. The van der Waals surface area contributed by atoms with Gasteiger partial charge in [0.2, 0.25) is 0 Å². The summed E-state index contributed by atoms with van der Waals surface area (Å²) in [6.45, 7) is 3.76. The van der Waals surface area contributed by atoms with Gasteiger partial charge < -0.3 is 21.4 Å². The van der Waals surface area contributed by atoms with Crippen LogP contribution in [0.4, 0.5) is 24.8 Å². The van der Waals surface area contributed by atoms with Gasteiger partial charge in [0, 0.05) is 48.0 Å². The third kappa shape index (κ3) is 3.72. The SMILES string of the molecule is CC(C)(c1cc2c([nH]1)NCC=C2c1nc(NCCN)c2c(C3CC3)cncc2n1)C(F)(F)F. The van der Waals surface area contributed by atoms with Crippen molar-refractivity contribution in [2.45, 2.75) is 44.2 Å². The quantitative estimate of drug-likeness (QED) is 0.440. The molecule has 10 heteroatoms. The molecule has 5 N–H and O–H groups in total. The Hall–Kier alpha value is -3.14. The molecule has 0 saturated heterocycles. The molecule has 0 amide bonds. The topological polar surface area (TPSA) is 105 Å². The van der Waals surface area contributed by atoms with Gasteiger partial charge in [-0.05, 0) is 44.2 Å². The minimum atomic E-state index is -4.39. The number of alkyl halides is 3. The number of nitrogens with two attached hydrogens (primary N) is 1. The second kappa shape index (κ2) is 7.72. The summed E-state index contributed by atoms with van der Waals surface area (Å²) in [5.41, 5.74) is 6.89. The normalized spacial score (nSPS) is 16.4. The van der Waals surface area contributed by atoms with Crippen LogP contribution in [0.2, 0.25) is 0 Å². The largest absolute Gasteiger partial charge is 0.399 e. The maximum absolute atomic E-state index is 13.7. The Kier molecular flexibility index (Phi) is 5.08. The lowest BCUT2D eigenvalue weighted by molar-refractivity contribution is -0.181. The van der Waals surface area contributed by atoms with Crippen molar-refractivity contribution in [3.05, 3.63) is 47.2 Å². The first-order valence-electron chi connectivity index (χ1n) is 11.0. The van der Waals surface area contributed by atoms with Gasteiger partial charge in [-0.1, -0.05) is 6.08 Å². The van der Waals surface area contributed by atoms with Gasteiger partial charge in [-0.25, -0.2) is 9.97 Å². The Morgan fingerprint density at radius 1 is 1.18 bits per heavy atom. The van der Waals surface area contributed by atoms with E-state index in [-0.39, 0.29) is 5.69 Å². The Morgan fingerprint density at radius 3 is 2.67 bits per heavy atom. The number of rotatable bonds is 6. The van der Waals surface area contributed by atoms with E-state index in [1.807, 2.05) is 12.3 Å². The van der Waals surface area contributed by atoms with Crippen LogP contribution in [0.15, 0.2) is 24.5 Å². The van der Waals surface area contributed by atoms with Crippen LogP contribution in [-0.2, 0) is 5.41 Å². The third-order valence-electron chi connectivity index (χ3n) is 6.41. The number of hydrogen-bond donors (Lipinski definition) is 4. The number of H-pyrrole nitrogens is 1. The zero-order valence-electron chi connectivity index (χ0n) is 18.5. The molecule has 33 heavy (non-hydrogen) atoms. The summed E-state index contributed by atoms with van der Waals surface area (Å²) in [5.74, 6) is 2.10. The number of aromatic amines is 1. The van der Waals surface area contributed by atoms with Crippen LogP contribution < -0.4 is 16.4 Å². The molecule has 7 nitrogen and oxygen atoms in total. The zero-order valence-corrected chi connectivity index (χ0v) is 18.5. The van der Waals surface area contributed by atoms with E-state index in [9.17, 15) is 13.2 Å². The molecule has 1 aliphatic carbocycles. The summed E-state index contributed by atoms with van der Waals surface area (Å²) in [6.07, 6.45) is 3.30. The Labute approximate surface area is 189 Å². The lowest BCUT2D eigenvalue weighted by Gasteiger charge is -2.26. The molecule has 0 atom stereocenters. The first kappa shape index (κ1) is 21.7. The highest BCUT2D eigenvalue weighted by Gasteiger charge is 2.50. The van der Waals surface area contributed by atoms with E-state index in [0.29, 0.717) is 59.7 Å². The van der Waals surface area contributed by atoms with E-state index >= 15 is 0 Å². The molecule has 0 spiro atoms. The molecule has 0 unspecified atom stereocenters. The second-order valence-electron chi connectivity index (χ2n) is 9.10. The molecule has 0 bridgehead atoms. The standard InChI is InChI=1S/C23H26F3N7/c1-22(2,23(24,25)26)17-9-14-13(5-7-29-19(14)32-17)20-31-16-11-28-10-15(12-3-4-12)18(16)21(33-20)30-8-6-27/h5,9-12,29,32H,3-4,6-8,27H2,1-2H3,(H,30,31,33). The van der Waals surface area contributed by atoms with Crippen molar-refractivity contribution in [3.8, 4) is 0 Å². The summed E-state index contributed by atoms with van der Waals surface area (Å²) < 4.78 is 41.0. The molecular formula is C23H26F3N7. The number of nitrogens with one attached hydrogen (secondary N) is 3. The minimum Gasteiger partial charge on any atom is -0.368 e. The van der Waals surface area contributed by atoms with Gasteiger partial charge in [0.25, 0.3) is 0 Å². The summed E-state index contributed by atoms with van der Waals surface area (Å²) in [6, 6.07) is 1.54. The Morgan fingerprint density at radius 2 is 1.97 bits per heavy atom. The molecular weight excluding hydrogens is 431 g/mol. The summed E-state index contributed by atoms with van der Waals surface area (Å²) in [7, 11) is 0. The molecule has 0 aromatic carbocycles. The van der Waals surface area contributed by atoms with Crippen molar-refractivity contribution in [3.63, 3.8) is 0 Å². The van der Waals surface area contributed by atoms with Crippen LogP contribution >= 0.6 is 0 Å². The lowest BCUT2D eigenvalue weighted by Crippen LogP contribution is -2.36. The van der Waals surface area contributed by atoms with Crippen molar-refractivity contribution in [1.82, 2.24) is 19.9 Å². The molecule has 5 rings (SSSR count). The second-order valence-corrected chi connectivity index (χ2v) is 9.10. The average Bonchev–Trinajstić information content (AvgIpc) is 3.53. The molecule has 1 saturated carbocycles. The number of hydrogen-bond acceptors (Lipinski definition) is 6. The number of nitrogens with zero attached hydrogens (tertiary/aromatic N) is 3. The van der Waals surface area contributed by atoms with Crippen molar-refractivity contribution in [2.75, 3.05) is 30.3 Å². The summed E-state index contributed by atoms with van der Waals surface area (Å²) in [5, 5.41) is 7.37. The first-order chi connectivity index (χ1) is 15.7. The van der Waals surface area contributed by atoms with Gasteiger partial charge in [0.15, 0.2) is 5.82 Å². The van der Waals surface area contributed by atoms with E-state index in [1.54, 1.807) is 12.3 Å². The molecule has 174 valence electrons. The maximum atomic E-state index is 13.7. The van der Waals surface area contributed by atoms with Crippen molar-refractivity contribution >= 4 is 28.1 Å². The summed E-state index contributed by atoms with van der Waals surface area (Å²) in [4.78, 5) is 16.9. The third-order valence-corrected chi connectivity index (χ3v) is 6.41. The number of halogens is 3. The lowest BCUT2D eigenvalue weighted by atomic mass is 9.88. The maximum Gasteiger partial charge on any atom is 0.399 e. The van der Waals surface area contributed by atoms with Crippen LogP contribution in [0.5, 0.6) is 0 Å². The highest BCUT2D eigenvalue weighted by atomic mass is 19.4. The predicted octanol–water partition coefficient (Wildman–Crippen LogP) is 4.30. The first-order valence-corrected chi connectivity index (χ1v) is 11.0. The molecule has 2 aliphatic rings. The highest BCUT2D eigenvalue weighted by molar-refractivity contribution is 5.95. The van der Waals surface area contributed by atoms with Crippen molar-refractivity contribution in [2.24, 2.45) is 5.73 Å². The van der Waals surface area contributed by atoms with E-state index in [0.717, 1.165) is 23.8 Å². The van der Waals surface area contributed by atoms with Gasteiger partial charge in [-0.15, -0.1) is 0 Å². The van der Waals surface area contributed by atoms with Gasteiger partial charge in [0.05, 0.1) is 11.7 Å². The molecule has 1 fully saturated rings. The van der Waals surface area contributed by atoms with Gasteiger partial charge in [0.1, 0.15) is 17.1 Å². The van der Waals surface area contributed by atoms with E-state index in [4.69, 9.17) is 15.7 Å². The Balaban J connectivity index is 1.63. The fourth-order valence-electron chi connectivity index (χ4n) is 4.12. The van der Waals surface area contributed by atoms with Crippen LogP contribution in [0.3, 0.4) is 0 Å². The van der Waals surface area contributed by atoms with Gasteiger partial charge in [-0.2, -0.15) is 13.2 Å². The van der Waals surface area contributed by atoms with E-state index in [1.165, 1.54) is 13.8 Å². The smallest absolute Gasteiger partial charge is 0.368 e. The van der Waals surface area contributed by atoms with E-state index < -0.39 is 11.6 Å². The molecule has 3 aromatic heterocycles. The van der Waals surface area contributed by atoms with Crippen LogP contribution in [0.1, 0.15) is 55.3 Å². The van der Waals surface area contributed by atoms with Gasteiger partial charge in [-0.3, -0.25) is 4.98 Å².